The topological polar surface area (TPSA) is 63.2 Å². The summed E-state index contributed by atoms with van der Waals surface area (Å²) in [5.74, 6) is 0.648. The van der Waals surface area contributed by atoms with Gasteiger partial charge in [0.05, 0.1) is 7.11 Å². The molecular formula is C18H21N3O2. The second kappa shape index (κ2) is 8.58. The van der Waals surface area contributed by atoms with Crippen molar-refractivity contribution in [3.63, 3.8) is 0 Å². The van der Waals surface area contributed by atoms with Gasteiger partial charge in [-0.15, -0.1) is 6.58 Å². The standard InChI is InChI=1S/C18H21N3O2/c1-3-10-21-18(22)17-13-15(9-12-20-17)19-11-8-14-4-6-16(23-2)7-5-14/h3-7,9,12-13H,1,8,10-11H2,2H3,(H,19,20)(H,21,22). The highest BCUT2D eigenvalue weighted by atomic mass is 16.5. The monoisotopic (exact) mass is 311 g/mol. The maximum Gasteiger partial charge on any atom is 0.270 e. The predicted molar refractivity (Wildman–Crippen MR) is 92.0 cm³/mol. The highest BCUT2D eigenvalue weighted by molar-refractivity contribution is 5.93. The first-order valence-electron chi connectivity index (χ1n) is 7.45. The zero-order chi connectivity index (χ0) is 16.5. The van der Waals surface area contributed by atoms with Crippen LogP contribution in [0, 0.1) is 0 Å². The largest absolute Gasteiger partial charge is 0.497 e. The van der Waals surface area contributed by atoms with E-state index in [1.807, 2.05) is 30.3 Å². The predicted octanol–water partition coefficient (Wildman–Crippen LogP) is 2.66. The van der Waals surface area contributed by atoms with Gasteiger partial charge in [-0.3, -0.25) is 9.78 Å². The van der Waals surface area contributed by atoms with Gasteiger partial charge in [0.15, 0.2) is 0 Å². The number of anilines is 1. The summed E-state index contributed by atoms with van der Waals surface area (Å²) in [6, 6.07) is 11.6. The lowest BCUT2D eigenvalue weighted by atomic mass is 10.1. The molecule has 2 aromatic rings. The zero-order valence-electron chi connectivity index (χ0n) is 13.2. The Kier molecular flexibility index (Phi) is 6.17. The quantitative estimate of drug-likeness (QED) is 0.736. The molecule has 0 unspecified atom stereocenters. The molecule has 0 saturated heterocycles. The Hall–Kier alpha value is -2.82. The highest BCUT2D eigenvalue weighted by Crippen LogP contribution is 2.12. The lowest BCUT2D eigenvalue weighted by Crippen LogP contribution is -2.24. The van der Waals surface area contributed by atoms with Crippen molar-refractivity contribution in [2.45, 2.75) is 6.42 Å². The number of benzene rings is 1. The number of carbonyl (C=O) groups is 1. The Labute approximate surface area is 136 Å². The second-order valence-electron chi connectivity index (χ2n) is 4.95. The second-order valence-corrected chi connectivity index (χ2v) is 4.95. The first-order chi connectivity index (χ1) is 11.2. The van der Waals surface area contributed by atoms with E-state index < -0.39 is 0 Å². The van der Waals surface area contributed by atoms with Crippen molar-refractivity contribution >= 4 is 11.6 Å². The molecule has 1 heterocycles. The van der Waals surface area contributed by atoms with Crippen LogP contribution in [0.3, 0.4) is 0 Å². The van der Waals surface area contributed by atoms with E-state index >= 15 is 0 Å². The van der Waals surface area contributed by atoms with Crippen LogP contribution in [0.25, 0.3) is 0 Å². The molecular weight excluding hydrogens is 290 g/mol. The molecule has 0 aliphatic rings. The van der Waals surface area contributed by atoms with E-state index in [1.54, 1.807) is 25.4 Å². The van der Waals surface area contributed by atoms with Crippen molar-refractivity contribution in [1.82, 2.24) is 10.3 Å². The van der Waals surface area contributed by atoms with Gasteiger partial charge in [-0.2, -0.15) is 0 Å². The van der Waals surface area contributed by atoms with Gasteiger partial charge in [0, 0.05) is 25.0 Å². The molecule has 0 aliphatic heterocycles. The normalized spacial score (nSPS) is 9.96. The molecule has 5 heteroatoms. The van der Waals surface area contributed by atoms with Crippen LogP contribution < -0.4 is 15.4 Å². The summed E-state index contributed by atoms with van der Waals surface area (Å²) in [5.41, 5.74) is 2.48. The van der Waals surface area contributed by atoms with Gasteiger partial charge < -0.3 is 15.4 Å². The summed E-state index contributed by atoms with van der Waals surface area (Å²) >= 11 is 0. The van der Waals surface area contributed by atoms with E-state index in [4.69, 9.17) is 4.74 Å². The fourth-order valence-corrected chi connectivity index (χ4v) is 2.06. The minimum atomic E-state index is -0.205. The number of rotatable bonds is 8. The number of carbonyl (C=O) groups excluding carboxylic acids is 1. The zero-order valence-corrected chi connectivity index (χ0v) is 13.2. The van der Waals surface area contributed by atoms with Gasteiger partial charge in [-0.1, -0.05) is 18.2 Å². The molecule has 2 rings (SSSR count). The van der Waals surface area contributed by atoms with Crippen molar-refractivity contribution in [3.05, 3.63) is 66.5 Å². The third kappa shape index (κ3) is 5.14. The average molecular weight is 311 g/mol. The number of aromatic nitrogens is 1. The van der Waals surface area contributed by atoms with Crippen molar-refractivity contribution in [2.24, 2.45) is 0 Å². The van der Waals surface area contributed by atoms with Crippen LogP contribution in [0.2, 0.25) is 0 Å². The SMILES string of the molecule is C=CCNC(=O)c1cc(NCCc2ccc(OC)cc2)ccn1. The van der Waals surface area contributed by atoms with E-state index in [2.05, 4.69) is 22.2 Å². The summed E-state index contributed by atoms with van der Waals surface area (Å²) in [5, 5.41) is 6.01. The van der Waals surface area contributed by atoms with Crippen LogP contribution in [0.4, 0.5) is 5.69 Å². The molecule has 0 saturated carbocycles. The molecule has 1 aromatic heterocycles. The average Bonchev–Trinajstić information content (AvgIpc) is 2.60. The number of hydrogen-bond acceptors (Lipinski definition) is 4. The van der Waals surface area contributed by atoms with Crippen LogP contribution >= 0.6 is 0 Å². The molecule has 2 N–H and O–H groups in total. The molecule has 1 aromatic carbocycles. The third-order valence-electron chi connectivity index (χ3n) is 3.30. The third-order valence-corrected chi connectivity index (χ3v) is 3.30. The molecule has 0 fully saturated rings. The first kappa shape index (κ1) is 16.5. The first-order valence-corrected chi connectivity index (χ1v) is 7.45. The summed E-state index contributed by atoms with van der Waals surface area (Å²) in [4.78, 5) is 15.9. The van der Waals surface area contributed by atoms with Crippen molar-refractivity contribution in [1.29, 1.82) is 0 Å². The van der Waals surface area contributed by atoms with E-state index in [9.17, 15) is 4.79 Å². The van der Waals surface area contributed by atoms with Gasteiger partial charge in [-0.05, 0) is 36.2 Å². The Morgan fingerprint density at radius 3 is 2.78 bits per heavy atom. The molecule has 0 spiro atoms. The summed E-state index contributed by atoms with van der Waals surface area (Å²) < 4.78 is 5.14. The number of methoxy groups -OCH3 is 1. The summed E-state index contributed by atoms with van der Waals surface area (Å²) in [6.45, 7) is 4.76. The molecule has 23 heavy (non-hydrogen) atoms. The Morgan fingerprint density at radius 1 is 1.30 bits per heavy atom. The summed E-state index contributed by atoms with van der Waals surface area (Å²) in [7, 11) is 1.66. The van der Waals surface area contributed by atoms with E-state index in [0.717, 1.165) is 24.4 Å². The highest BCUT2D eigenvalue weighted by Gasteiger charge is 2.06. The van der Waals surface area contributed by atoms with Crippen LogP contribution in [0.1, 0.15) is 16.1 Å². The molecule has 0 aliphatic carbocycles. The minimum absolute atomic E-state index is 0.205. The van der Waals surface area contributed by atoms with Crippen LogP contribution in [-0.4, -0.2) is 31.1 Å². The Balaban J connectivity index is 1.87. The molecule has 0 atom stereocenters. The lowest BCUT2D eigenvalue weighted by molar-refractivity contribution is 0.0953. The van der Waals surface area contributed by atoms with E-state index in [-0.39, 0.29) is 5.91 Å². The molecule has 120 valence electrons. The number of hydrogen-bond donors (Lipinski definition) is 2. The Morgan fingerprint density at radius 2 is 2.09 bits per heavy atom. The van der Waals surface area contributed by atoms with Crippen molar-refractivity contribution in [2.75, 3.05) is 25.5 Å². The molecule has 0 bridgehead atoms. The maximum absolute atomic E-state index is 11.9. The van der Waals surface area contributed by atoms with Gasteiger partial charge in [0.25, 0.3) is 5.91 Å². The van der Waals surface area contributed by atoms with Crippen LogP contribution in [0.15, 0.2) is 55.3 Å². The smallest absolute Gasteiger partial charge is 0.270 e. The van der Waals surface area contributed by atoms with Gasteiger partial charge in [0.1, 0.15) is 11.4 Å². The fourth-order valence-electron chi connectivity index (χ4n) is 2.06. The van der Waals surface area contributed by atoms with Crippen LogP contribution in [-0.2, 0) is 6.42 Å². The minimum Gasteiger partial charge on any atom is -0.497 e. The lowest BCUT2D eigenvalue weighted by Gasteiger charge is -2.08. The molecule has 0 radical (unpaired) electrons. The van der Waals surface area contributed by atoms with E-state index in [1.165, 1.54) is 5.56 Å². The van der Waals surface area contributed by atoms with Crippen molar-refractivity contribution in [3.8, 4) is 5.75 Å². The number of amides is 1. The number of ether oxygens (including phenoxy) is 1. The van der Waals surface area contributed by atoms with Gasteiger partial charge in [-0.25, -0.2) is 0 Å². The summed E-state index contributed by atoms with van der Waals surface area (Å²) in [6.07, 6.45) is 4.14. The Bertz CT molecular complexity index is 654. The molecule has 5 nitrogen and oxygen atoms in total. The van der Waals surface area contributed by atoms with Gasteiger partial charge in [0.2, 0.25) is 0 Å². The number of nitrogens with zero attached hydrogens (tertiary/aromatic N) is 1. The van der Waals surface area contributed by atoms with Crippen LogP contribution in [0.5, 0.6) is 5.75 Å². The molecule has 1 amide bonds. The van der Waals surface area contributed by atoms with Crippen molar-refractivity contribution < 1.29 is 9.53 Å². The fraction of sp³-hybridized carbons (Fsp3) is 0.222. The van der Waals surface area contributed by atoms with Gasteiger partial charge >= 0.3 is 0 Å². The maximum atomic E-state index is 11.9. The van der Waals surface area contributed by atoms with E-state index in [0.29, 0.717) is 12.2 Å². The number of pyridine rings is 1. The number of nitrogens with one attached hydrogen (secondary N) is 2.